The average molecular weight is 288 g/mol. The van der Waals surface area contributed by atoms with Gasteiger partial charge in [0.25, 0.3) is 0 Å². The Balaban J connectivity index is 2.26. The lowest BCUT2D eigenvalue weighted by Crippen LogP contribution is -2.34. The van der Waals surface area contributed by atoms with Gasteiger partial charge in [-0.2, -0.15) is 0 Å². The summed E-state index contributed by atoms with van der Waals surface area (Å²) in [7, 11) is 0. The Labute approximate surface area is 130 Å². The van der Waals surface area contributed by atoms with Crippen LogP contribution in [-0.2, 0) is 0 Å². The van der Waals surface area contributed by atoms with E-state index in [0.29, 0.717) is 18.0 Å². The second-order valence-electron chi connectivity index (χ2n) is 7.91. The summed E-state index contributed by atoms with van der Waals surface area (Å²) in [6.07, 6.45) is 1.30. The molecule has 0 spiro atoms. The van der Waals surface area contributed by atoms with E-state index in [1.807, 2.05) is 0 Å². The van der Waals surface area contributed by atoms with Crippen LogP contribution in [0.5, 0.6) is 0 Å². The maximum Gasteiger partial charge on any atom is 0.0475 e. The molecule has 0 amide bonds. The molecular weight excluding hydrogens is 256 g/mol. The number of benzene rings is 1. The fraction of sp³-hybridized carbons (Fsp3) is 0.684. The molecular formula is C19H32N2. The highest BCUT2D eigenvalue weighted by atomic mass is 15.2. The molecule has 0 radical (unpaired) electrons. The summed E-state index contributed by atoms with van der Waals surface area (Å²) >= 11 is 0. The van der Waals surface area contributed by atoms with E-state index in [1.54, 1.807) is 0 Å². The van der Waals surface area contributed by atoms with Crippen molar-refractivity contribution in [1.29, 1.82) is 0 Å². The number of hydrogen-bond donors (Lipinski definition) is 1. The average Bonchev–Trinajstić information content (AvgIpc) is 2.82. The second kappa shape index (κ2) is 6.10. The number of aryl methyl sites for hydroxylation is 3. The Bertz CT molecular complexity index is 476. The van der Waals surface area contributed by atoms with Crippen LogP contribution in [0.25, 0.3) is 0 Å². The van der Waals surface area contributed by atoms with Crippen molar-refractivity contribution in [3.05, 3.63) is 34.4 Å². The van der Waals surface area contributed by atoms with Gasteiger partial charge in [-0.15, -0.1) is 0 Å². The molecule has 2 heteroatoms. The molecule has 1 aromatic rings. The molecule has 1 aliphatic rings. The first-order valence-corrected chi connectivity index (χ1v) is 8.26. The highest BCUT2D eigenvalue weighted by Gasteiger charge is 2.35. The van der Waals surface area contributed by atoms with Crippen LogP contribution in [0, 0.1) is 32.1 Å². The van der Waals surface area contributed by atoms with E-state index in [4.69, 9.17) is 5.73 Å². The maximum absolute atomic E-state index is 6.17. The normalized spacial score (nSPS) is 21.8. The van der Waals surface area contributed by atoms with Crippen molar-refractivity contribution in [1.82, 2.24) is 4.90 Å². The zero-order valence-electron chi connectivity index (χ0n) is 14.7. The summed E-state index contributed by atoms with van der Waals surface area (Å²) in [5.74, 6) is 0.776. The Morgan fingerprint density at radius 3 is 2.19 bits per heavy atom. The molecule has 1 heterocycles. The number of likely N-dealkylation sites (tertiary alicyclic amines) is 1. The van der Waals surface area contributed by atoms with Gasteiger partial charge in [0.1, 0.15) is 0 Å². The van der Waals surface area contributed by atoms with Crippen molar-refractivity contribution in [3.63, 3.8) is 0 Å². The van der Waals surface area contributed by atoms with Gasteiger partial charge in [0.2, 0.25) is 0 Å². The lowest BCUT2D eigenvalue weighted by atomic mass is 9.80. The molecule has 2 N–H and O–H groups in total. The number of nitrogens with two attached hydrogens (primary N) is 1. The molecule has 1 aliphatic heterocycles. The predicted molar refractivity (Wildman–Crippen MR) is 91.6 cm³/mol. The first-order valence-electron chi connectivity index (χ1n) is 8.26. The van der Waals surface area contributed by atoms with Crippen LogP contribution < -0.4 is 5.73 Å². The third-order valence-corrected chi connectivity index (χ3v) is 5.18. The van der Waals surface area contributed by atoms with Crippen molar-refractivity contribution in [2.24, 2.45) is 17.1 Å². The summed E-state index contributed by atoms with van der Waals surface area (Å²) in [6, 6.07) is 4.96. The Kier molecular flexibility index (Phi) is 4.79. The highest BCUT2D eigenvalue weighted by Crippen LogP contribution is 2.38. The van der Waals surface area contributed by atoms with E-state index in [9.17, 15) is 0 Å². The minimum absolute atomic E-state index is 0.373. The molecule has 1 fully saturated rings. The van der Waals surface area contributed by atoms with Gasteiger partial charge in [0.15, 0.2) is 0 Å². The number of rotatable bonds is 3. The van der Waals surface area contributed by atoms with Crippen LogP contribution in [0.2, 0.25) is 0 Å². The van der Waals surface area contributed by atoms with Gasteiger partial charge >= 0.3 is 0 Å². The molecule has 0 saturated carbocycles. The van der Waals surface area contributed by atoms with E-state index < -0.39 is 0 Å². The van der Waals surface area contributed by atoms with E-state index in [2.05, 4.69) is 58.6 Å². The summed E-state index contributed by atoms with van der Waals surface area (Å²) in [6.45, 7) is 16.8. The quantitative estimate of drug-likeness (QED) is 0.911. The lowest BCUT2D eigenvalue weighted by Gasteiger charge is -2.32. The Morgan fingerprint density at radius 2 is 1.76 bits per heavy atom. The van der Waals surface area contributed by atoms with Crippen LogP contribution in [0.1, 0.15) is 55.5 Å². The third-order valence-electron chi connectivity index (χ3n) is 5.18. The van der Waals surface area contributed by atoms with Crippen LogP contribution in [0.4, 0.5) is 0 Å². The second-order valence-corrected chi connectivity index (χ2v) is 7.91. The van der Waals surface area contributed by atoms with Gasteiger partial charge in [-0.25, -0.2) is 0 Å². The zero-order chi connectivity index (χ0) is 15.8. The molecule has 2 nitrogen and oxygen atoms in total. The lowest BCUT2D eigenvalue weighted by molar-refractivity contribution is 0.197. The SMILES string of the molecule is Cc1cc(C)c(C(CN)N2CCC(C(C)(C)C)C2)c(C)c1. The first kappa shape index (κ1) is 16.5. The van der Waals surface area contributed by atoms with Gasteiger partial charge in [-0.1, -0.05) is 38.5 Å². The standard InChI is InChI=1S/C19H32N2/c1-13-9-14(2)18(15(3)10-13)17(11-20)21-8-7-16(12-21)19(4,5)6/h9-10,16-17H,7-8,11-12,20H2,1-6H3. The minimum atomic E-state index is 0.373. The Hall–Kier alpha value is -0.860. The van der Waals surface area contributed by atoms with E-state index in [1.165, 1.54) is 41.8 Å². The van der Waals surface area contributed by atoms with Crippen LogP contribution in [0.15, 0.2) is 12.1 Å². The Morgan fingerprint density at radius 1 is 1.19 bits per heavy atom. The summed E-state index contributed by atoms with van der Waals surface area (Å²) in [5, 5.41) is 0. The topological polar surface area (TPSA) is 29.3 Å². The van der Waals surface area contributed by atoms with Gasteiger partial charge < -0.3 is 5.73 Å². The molecule has 1 aromatic carbocycles. The van der Waals surface area contributed by atoms with Crippen molar-refractivity contribution in [3.8, 4) is 0 Å². The van der Waals surface area contributed by atoms with Gasteiger partial charge in [-0.3, -0.25) is 4.90 Å². The smallest absolute Gasteiger partial charge is 0.0475 e. The fourth-order valence-electron chi connectivity index (χ4n) is 3.94. The van der Waals surface area contributed by atoms with Crippen molar-refractivity contribution >= 4 is 0 Å². The molecule has 2 atom stereocenters. The van der Waals surface area contributed by atoms with E-state index in [-0.39, 0.29) is 0 Å². The summed E-state index contributed by atoms with van der Waals surface area (Å²) in [5.41, 5.74) is 12.2. The largest absolute Gasteiger partial charge is 0.329 e. The van der Waals surface area contributed by atoms with Gasteiger partial charge in [0, 0.05) is 19.1 Å². The van der Waals surface area contributed by atoms with Gasteiger partial charge in [-0.05, 0) is 61.8 Å². The molecule has 21 heavy (non-hydrogen) atoms. The molecule has 0 aromatic heterocycles. The minimum Gasteiger partial charge on any atom is -0.329 e. The predicted octanol–water partition coefficient (Wildman–Crippen LogP) is 3.98. The molecule has 0 bridgehead atoms. The van der Waals surface area contributed by atoms with Crippen LogP contribution >= 0.6 is 0 Å². The summed E-state index contributed by atoms with van der Waals surface area (Å²) in [4.78, 5) is 2.61. The van der Waals surface area contributed by atoms with Crippen LogP contribution in [0.3, 0.4) is 0 Å². The number of nitrogens with zero attached hydrogens (tertiary/aromatic N) is 1. The maximum atomic E-state index is 6.17. The molecule has 0 aliphatic carbocycles. The van der Waals surface area contributed by atoms with E-state index in [0.717, 1.165) is 5.92 Å². The molecule has 2 unspecified atom stereocenters. The summed E-state index contributed by atoms with van der Waals surface area (Å²) < 4.78 is 0. The fourth-order valence-corrected chi connectivity index (χ4v) is 3.94. The van der Waals surface area contributed by atoms with Crippen molar-refractivity contribution in [2.45, 2.75) is 54.0 Å². The zero-order valence-corrected chi connectivity index (χ0v) is 14.7. The third kappa shape index (κ3) is 3.49. The monoisotopic (exact) mass is 288 g/mol. The molecule has 2 rings (SSSR count). The molecule has 118 valence electrons. The van der Waals surface area contributed by atoms with Crippen LogP contribution in [-0.4, -0.2) is 24.5 Å². The van der Waals surface area contributed by atoms with E-state index >= 15 is 0 Å². The number of hydrogen-bond acceptors (Lipinski definition) is 2. The van der Waals surface area contributed by atoms with Crippen molar-refractivity contribution in [2.75, 3.05) is 19.6 Å². The molecule has 1 saturated heterocycles. The van der Waals surface area contributed by atoms with Crippen molar-refractivity contribution < 1.29 is 0 Å². The first-order chi connectivity index (χ1) is 9.74. The highest BCUT2D eigenvalue weighted by molar-refractivity contribution is 5.40. The van der Waals surface area contributed by atoms with Gasteiger partial charge in [0.05, 0.1) is 0 Å².